The molecule has 1 amide bonds. The predicted octanol–water partition coefficient (Wildman–Crippen LogP) is 0.953. The van der Waals surface area contributed by atoms with Crippen LogP contribution in [0.3, 0.4) is 0 Å². The van der Waals surface area contributed by atoms with Gasteiger partial charge in [-0.15, -0.1) is 0 Å². The molecule has 2 saturated heterocycles. The molecule has 0 saturated carbocycles. The van der Waals surface area contributed by atoms with E-state index in [1.54, 1.807) is 0 Å². The molecule has 0 radical (unpaired) electrons. The van der Waals surface area contributed by atoms with Crippen molar-refractivity contribution in [3.63, 3.8) is 0 Å². The molecule has 0 spiro atoms. The molecule has 1 atom stereocenters. The second kappa shape index (κ2) is 7.96. The number of nitrogens with two attached hydrogens (primary N) is 1. The fraction of sp³-hybridized carbons (Fsp3) is 0.933. The molecule has 0 aliphatic carbocycles. The molecule has 2 rings (SSSR count). The van der Waals surface area contributed by atoms with E-state index in [4.69, 9.17) is 5.84 Å². The highest BCUT2D eigenvalue weighted by Crippen LogP contribution is 2.22. The van der Waals surface area contributed by atoms with E-state index >= 15 is 0 Å². The lowest BCUT2D eigenvalue weighted by molar-refractivity contribution is -0.121. The van der Waals surface area contributed by atoms with Crippen molar-refractivity contribution in [2.75, 3.05) is 32.7 Å². The van der Waals surface area contributed by atoms with Crippen LogP contribution in [-0.2, 0) is 4.79 Å². The Balaban J connectivity index is 1.63. The minimum Gasteiger partial charge on any atom is -0.303 e. The number of nitrogens with one attached hydrogen (secondary N) is 1. The Morgan fingerprint density at radius 3 is 2.50 bits per heavy atom. The van der Waals surface area contributed by atoms with Crippen molar-refractivity contribution in [3.8, 4) is 0 Å². The van der Waals surface area contributed by atoms with E-state index in [0.717, 1.165) is 12.3 Å². The minimum atomic E-state index is -0.0548. The third-order valence-electron chi connectivity index (χ3n) is 4.94. The molecule has 5 nitrogen and oxygen atoms in total. The average molecular weight is 282 g/mol. The number of rotatable bonds is 6. The number of carbonyl (C=O) groups excluding carboxylic acids is 1. The zero-order chi connectivity index (χ0) is 14.4. The number of likely N-dealkylation sites (tertiary alicyclic amines) is 2. The van der Waals surface area contributed by atoms with Crippen LogP contribution in [0, 0.1) is 5.92 Å². The maximum atomic E-state index is 11.2. The van der Waals surface area contributed by atoms with Crippen LogP contribution in [0.15, 0.2) is 0 Å². The van der Waals surface area contributed by atoms with Crippen LogP contribution in [0.2, 0.25) is 0 Å². The summed E-state index contributed by atoms with van der Waals surface area (Å²) in [6.45, 7) is 8.52. The van der Waals surface area contributed by atoms with E-state index in [0.29, 0.717) is 12.5 Å². The third-order valence-corrected chi connectivity index (χ3v) is 4.94. The van der Waals surface area contributed by atoms with Gasteiger partial charge in [0.2, 0.25) is 5.91 Å². The van der Waals surface area contributed by atoms with Crippen molar-refractivity contribution in [1.29, 1.82) is 0 Å². The summed E-state index contributed by atoms with van der Waals surface area (Å²) in [5.74, 6) is 5.94. The van der Waals surface area contributed by atoms with Gasteiger partial charge in [-0.25, -0.2) is 5.84 Å². The van der Waals surface area contributed by atoms with E-state index in [1.165, 1.54) is 58.4 Å². The maximum Gasteiger partial charge on any atom is 0.233 e. The van der Waals surface area contributed by atoms with Gasteiger partial charge in [0.15, 0.2) is 0 Å². The largest absolute Gasteiger partial charge is 0.303 e. The Bertz CT molecular complexity index is 296. The molecular weight excluding hydrogens is 252 g/mol. The smallest absolute Gasteiger partial charge is 0.233 e. The van der Waals surface area contributed by atoms with Crippen LogP contribution >= 0.6 is 0 Å². The Labute approximate surface area is 122 Å². The third kappa shape index (κ3) is 4.72. The highest BCUT2D eigenvalue weighted by Gasteiger charge is 2.25. The van der Waals surface area contributed by atoms with Gasteiger partial charge in [0.05, 0.1) is 0 Å². The van der Waals surface area contributed by atoms with Crippen molar-refractivity contribution < 1.29 is 4.79 Å². The van der Waals surface area contributed by atoms with Crippen LogP contribution in [0.4, 0.5) is 0 Å². The Morgan fingerprint density at radius 1 is 1.25 bits per heavy atom. The first-order valence-electron chi connectivity index (χ1n) is 8.15. The second-order valence-electron chi connectivity index (χ2n) is 6.44. The summed E-state index contributed by atoms with van der Waals surface area (Å²) in [4.78, 5) is 16.4. The number of hydrogen-bond donors (Lipinski definition) is 2. The molecule has 0 aromatic carbocycles. The van der Waals surface area contributed by atoms with Crippen LogP contribution < -0.4 is 11.3 Å². The van der Waals surface area contributed by atoms with E-state index < -0.39 is 0 Å². The minimum absolute atomic E-state index is 0.0548. The first kappa shape index (κ1) is 15.7. The number of piperidine rings is 1. The zero-order valence-corrected chi connectivity index (χ0v) is 12.8. The molecule has 20 heavy (non-hydrogen) atoms. The Hall–Kier alpha value is -0.650. The predicted molar refractivity (Wildman–Crippen MR) is 81.0 cm³/mol. The first-order valence-corrected chi connectivity index (χ1v) is 8.15. The molecule has 2 heterocycles. The summed E-state index contributed by atoms with van der Waals surface area (Å²) in [7, 11) is 0. The summed E-state index contributed by atoms with van der Waals surface area (Å²) >= 11 is 0. The van der Waals surface area contributed by atoms with Gasteiger partial charge in [-0.2, -0.15) is 0 Å². The second-order valence-corrected chi connectivity index (χ2v) is 6.44. The molecule has 0 aromatic heterocycles. The summed E-state index contributed by atoms with van der Waals surface area (Å²) in [6.07, 6.45) is 6.83. The number of hydrogen-bond acceptors (Lipinski definition) is 4. The van der Waals surface area contributed by atoms with Crippen molar-refractivity contribution in [3.05, 3.63) is 0 Å². The summed E-state index contributed by atoms with van der Waals surface area (Å²) in [5, 5.41) is 0. The van der Waals surface area contributed by atoms with Gasteiger partial charge >= 0.3 is 0 Å². The van der Waals surface area contributed by atoms with Gasteiger partial charge in [-0.05, 0) is 71.1 Å². The fourth-order valence-corrected chi connectivity index (χ4v) is 3.50. The lowest BCUT2D eigenvalue weighted by atomic mass is 9.94. The van der Waals surface area contributed by atoms with Crippen LogP contribution in [0.1, 0.15) is 45.4 Å². The summed E-state index contributed by atoms with van der Waals surface area (Å²) in [5.41, 5.74) is 2.21. The lowest BCUT2D eigenvalue weighted by Gasteiger charge is -2.37. The topological polar surface area (TPSA) is 61.6 Å². The molecule has 2 aliphatic rings. The summed E-state index contributed by atoms with van der Waals surface area (Å²) < 4.78 is 0. The molecule has 116 valence electrons. The first-order chi connectivity index (χ1) is 9.69. The number of amides is 1. The van der Waals surface area contributed by atoms with Gasteiger partial charge in [0.1, 0.15) is 0 Å². The van der Waals surface area contributed by atoms with Crippen molar-refractivity contribution in [1.82, 2.24) is 15.2 Å². The van der Waals surface area contributed by atoms with Crippen LogP contribution in [0.5, 0.6) is 0 Å². The van der Waals surface area contributed by atoms with E-state index in [-0.39, 0.29) is 5.91 Å². The maximum absolute atomic E-state index is 11.2. The number of hydrazine groups is 1. The van der Waals surface area contributed by atoms with Crippen molar-refractivity contribution in [2.45, 2.75) is 51.5 Å². The molecule has 5 heteroatoms. The van der Waals surface area contributed by atoms with Gasteiger partial charge in [0, 0.05) is 19.0 Å². The van der Waals surface area contributed by atoms with Gasteiger partial charge in [0.25, 0.3) is 0 Å². The molecule has 2 fully saturated rings. The molecular formula is C15H30N4O. The van der Waals surface area contributed by atoms with Gasteiger partial charge < -0.3 is 9.80 Å². The SMILES string of the molecule is CC(CCC(=O)NN)N1CCC(CN2CCCC2)CC1. The normalized spacial score (nSPS) is 23.9. The van der Waals surface area contributed by atoms with Gasteiger partial charge in [-0.3, -0.25) is 10.2 Å². The highest BCUT2D eigenvalue weighted by molar-refractivity contribution is 5.75. The van der Waals surface area contributed by atoms with E-state index in [2.05, 4.69) is 22.1 Å². The van der Waals surface area contributed by atoms with Gasteiger partial charge in [-0.1, -0.05) is 0 Å². The van der Waals surface area contributed by atoms with Crippen molar-refractivity contribution in [2.24, 2.45) is 11.8 Å². The van der Waals surface area contributed by atoms with Crippen molar-refractivity contribution >= 4 is 5.91 Å². The average Bonchev–Trinajstić information content (AvgIpc) is 2.98. The van der Waals surface area contributed by atoms with E-state index in [1.807, 2.05) is 0 Å². The molecule has 1 unspecified atom stereocenters. The van der Waals surface area contributed by atoms with E-state index in [9.17, 15) is 4.79 Å². The Morgan fingerprint density at radius 2 is 1.90 bits per heavy atom. The number of nitrogens with zero attached hydrogens (tertiary/aromatic N) is 2. The molecule has 0 bridgehead atoms. The molecule has 2 aliphatic heterocycles. The van der Waals surface area contributed by atoms with Crippen LogP contribution in [0.25, 0.3) is 0 Å². The standard InChI is InChI=1S/C15H30N4O/c1-13(4-5-15(20)17-16)19-10-6-14(7-11-19)12-18-8-2-3-9-18/h13-14H,2-12,16H2,1H3,(H,17,20). The zero-order valence-electron chi connectivity index (χ0n) is 12.8. The summed E-state index contributed by atoms with van der Waals surface area (Å²) in [6, 6.07) is 0.486. The highest BCUT2D eigenvalue weighted by atomic mass is 16.2. The monoisotopic (exact) mass is 282 g/mol. The quantitative estimate of drug-likeness (QED) is 0.433. The molecule has 0 aromatic rings. The fourth-order valence-electron chi connectivity index (χ4n) is 3.50. The Kier molecular flexibility index (Phi) is 6.26. The lowest BCUT2D eigenvalue weighted by Crippen LogP contribution is -2.43. The number of carbonyl (C=O) groups is 1. The molecule has 3 N–H and O–H groups in total. The van der Waals surface area contributed by atoms with Crippen LogP contribution in [-0.4, -0.2) is 54.5 Å².